The van der Waals surface area contributed by atoms with Crippen LogP contribution in [0.25, 0.3) is 5.65 Å². The molecule has 0 fully saturated rings. The third kappa shape index (κ3) is 2.78. The highest BCUT2D eigenvalue weighted by Gasteiger charge is 2.16. The summed E-state index contributed by atoms with van der Waals surface area (Å²) in [7, 11) is 0. The number of aromatic nitrogens is 3. The van der Waals surface area contributed by atoms with Gasteiger partial charge in [0.25, 0.3) is 0 Å². The maximum absolute atomic E-state index is 6.19. The van der Waals surface area contributed by atoms with Crippen LogP contribution in [0.5, 0.6) is 0 Å². The summed E-state index contributed by atoms with van der Waals surface area (Å²) in [5, 5.41) is 5.08. The number of halogens is 1. The smallest absolute Gasteiger partial charge is 0.157 e. The van der Waals surface area contributed by atoms with Crippen LogP contribution in [0, 0.1) is 5.41 Å². The summed E-state index contributed by atoms with van der Waals surface area (Å²) < 4.78 is 1.71. The maximum Gasteiger partial charge on any atom is 0.157 e. The summed E-state index contributed by atoms with van der Waals surface area (Å²) in [5.74, 6) is 0.854. The molecule has 0 aliphatic carbocycles. The van der Waals surface area contributed by atoms with Crippen molar-refractivity contribution in [3.05, 3.63) is 28.7 Å². The minimum absolute atomic E-state index is 0.186. The summed E-state index contributed by atoms with van der Waals surface area (Å²) in [4.78, 5) is 4.53. The molecule has 0 saturated heterocycles. The number of rotatable bonds is 2. The Kier molecular flexibility index (Phi) is 3.13. The van der Waals surface area contributed by atoms with Gasteiger partial charge in [0.05, 0.1) is 0 Å². The van der Waals surface area contributed by atoms with Crippen molar-refractivity contribution >= 4 is 17.2 Å². The van der Waals surface area contributed by atoms with Crippen molar-refractivity contribution < 1.29 is 0 Å². The predicted octanol–water partition coefficient (Wildman–Crippen LogP) is 3.53. The van der Waals surface area contributed by atoms with Crippen LogP contribution in [-0.2, 0) is 12.8 Å². The molecule has 0 saturated carbocycles. The molecule has 2 aromatic rings. The summed E-state index contributed by atoms with van der Waals surface area (Å²) in [6, 6.07) is 4.00. The fraction of sp³-hybridized carbons (Fsp3) is 0.538. The van der Waals surface area contributed by atoms with Crippen LogP contribution in [-0.4, -0.2) is 14.6 Å². The lowest BCUT2D eigenvalue weighted by Gasteiger charge is -2.14. The second-order valence-electron chi connectivity index (χ2n) is 5.58. The molecule has 3 nitrogen and oxygen atoms in total. The number of hydrogen-bond donors (Lipinski definition) is 0. The maximum atomic E-state index is 6.19. The lowest BCUT2D eigenvalue weighted by Crippen LogP contribution is -2.10. The highest BCUT2D eigenvalue weighted by Crippen LogP contribution is 2.21. The van der Waals surface area contributed by atoms with Crippen molar-refractivity contribution in [2.45, 2.75) is 40.5 Å². The summed E-state index contributed by atoms with van der Waals surface area (Å²) in [5.41, 5.74) is 2.22. The van der Waals surface area contributed by atoms with Gasteiger partial charge in [0.2, 0.25) is 0 Å². The topological polar surface area (TPSA) is 30.2 Å². The average molecular weight is 252 g/mol. The van der Waals surface area contributed by atoms with Gasteiger partial charge in [-0.2, -0.15) is 0 Å². The van der Waals surface area contributed by atoms with Gasteiger partial charge in [-0.15, -0.1) is 5.10 Å². The molecule has 2 aromatic heterocycles. The Morgan fingerprint density at radius 1 is 1.29 bits per heavy atom. The van der Waals surface area contributed by atoms with Gasteiger partial charge in [0, 0.05) is 6.42 Å². The van der Waals surface area contributed by atoms with Crippen LogP contribution in [0.1, 0.15) is 39.1 Å². The predicted molar refractivity (Wildman–Crippen MR) is 70.5 cm³/mol. The molecule has 92 valence electrons. The van der Waals surface area contributed by atoms with Crippen LogP contribution in [0.4, 0.5) is 0 Å². The zero-order chi connectivity index (χ0) is 12.6. The summed E-state index contributed by atoms with van der Waals surface area (Å²) in [6.07, 6.45) is 1.81. The van der Waals surface area contributed by atoms with E-state index in [-0.39, 0.29) is 5.41 Å². The Bertz CT molecular complexity index is 537. The Balaban J connectivity index is 2.46. The van der Waals surface area contributed by atoms with Crippen LogP contribution in [0.3, 0.4) is 0 Å². The van der Waals surface area contributed by atoms with E-state index in [9.17, 15) is 0 Å². The highest BCUT2D eigenvalue weighted by molar-refractivity contribution is 6.29. The SMILES string of the molecule is CCc1cc(Cl)n2nc(CC(C)(C)C)nc2c1. The second-order valence-corrected chi connectivity index (χ2v) is 5.96. The number of fused-ring (bicyclic) bond motifs is 1. The van der Waals surface area contributed by atoms with E-state index in [2.05, 4.69) is 37.8 Å². The second kappa shape index (κ2) is 4.30. The van der Waals surface area contributed by atoms with E-state index in [0.717, 1.165) is 24.3 Å². The molecule has 0 aliphatic rings. The van der Waals surface area contributed by atoms with Gasteiger partial charge in [-0.25, -0.2) is 9.50 Å². The van der Waals surface area contributed by atoms with Crippen molar-refractivity contribution in [3.8, 4) is 0 Å². The molecule has 2 rings (SSSR count). The highest BCUT2D eigenvalue weighted by atomic mass is 35.5. The molecular formula is C13H18ClN3. The van der Waals surface area contributed by atoms with E-state index in [1.54, 1.807) is 4.52 Å². The lowest BCUT2D eigenvalue weighted by atomic mass is 9.92. The van der Waals surface area contributed by atoms with Crippen molar-refractivity contribution in [2.75, 3.05) is 0 Å². The first-order valence-corrected chi connectivity index (χ1v) is 6.31. The minimum Gasteiger partial charge on any atom is -0.212 e. The number of hydrogen-bond acceptors (Lipinski definition) is 2. The molecule has 0 aliphatic heterocycles. The largest absolute Gasteiger partial charge is 0.212 e. The molecule has 2 heterocycles. The molecule has 0 aromatic carbocycles. The van der Waals surface area contributed by atoms with Gasteiger partial charge in [0.1, 0.15) is 5.15 Å². The van der Waals surface area contributed by atoms with Crippen LogP contribution >= 0.6 is 11.6 Å². The molecular weight excluding hydrogens is 234 g/mol. The van der Waals surface area contributed by atoms with E-state index in [0.29, 0.717) is 5.15 Å². The van der Waals surface area contributed by atoms with Crippen molar-refractivity contribution in [1.82, 2.24) is 14.6 Å². The van der Waals surface area contributed by atoms with Gasteiger partial charge in [-0.3, -0.25) is 0 Å². The normalized spacial score (nSPS) is 12.3. The van der Waals surface area contributed by atoms with E-state index in [1.165, 1.54) is 5.56 Å². The number of pyridine rings is 1. The molecule has 0 atom stereocenters. The third-order valence-corrected chi connectivity index (χ3v) is 2.86. The Morgan fingerprint density at radius 3 is 2.59 bits per heavy atom. The molecule has 0 unspecified atom stereocenters. The van der Waals surface area contributed by atoms with E-state index < -0.39 is 0 Å². The molecule has 0 radical (unpaired) electrons. The lowest BCUT2D eigenvalue weighted by molar-refractivity contribution is 0.401. The molecule has 0 bridgehead atoms. The average Bonchev–Trinajstić information content (AvgIpc) is 2.57. The fourth-order valence-corrected chi connectivity index (χ4v) is 2.06. The minimum atomic E-state index is 0.186. The van der Waals surface area contributed by atoms with Crippen molar-refractivity contribution in [1.29, 1.82) is 0 Å². The Labute approximate surface area is 107 Å². The molecule has 0 amide bonds. The van der Waals surface area contributed by atoms with Crippen LogP contribution in [0.15, 0.2) is 12.1 Å². The van der Waals surface area contributed by atoms with Gasteiger partial charge >= 0.3 is 0 Å². The van der Waals surface area contributed by atoms with Gasteiger partial charge in [-0.05, 0) is 29.5 Å². The Hall–Kier alpha value is -1.09. The van der Waals surface area contributed by atoms with Crippen molar-refractivity contribution in [2.24, 2.45) is 5.41 Å². The molecule has 17 heavy (non-hydrogen) atoms. The summed E-state index contributed by atoms with van der Waals surface area (Å²) in [6.45, 7) is 8.64. The first-order valence-electron chi connectivity index (χ1n) is 5.93. The quantitative estimate of drug-likeness (QED) is 0.765. The van der Waals surface area contributed by atoms with Gasteiger partial charge in [-0.1, -0.05) is 39.3 Å². The number of nitrogens with zero attached hydrogens (tertiary/aromatic N) is 3. The Morgan fingerprint density at radius 2 is 2.00 bits per heavy atom. The first kappa shape index (κ1) is 12.4. The van der Waals surface area contributed by atoms with Crippen LogP contribution in [0.2, 0.25) is 5.15 Å². The van der Waals surface area contributed by atoms with Crippen LogP contribution < -0.4 is 0 Å². The molecule has 4 heteroatoms. The van der Waals surface area contributed by atoms with E-state index in [4.69, 9.17) is 11.6 Å². The van der Waals surface area contributed by atoms with Crippen molar-refractivity contribution in [3.63, 3.8) is 0 Å². The van der Waals surface area contributed by atoms with Gasteiger partial charge < -0.3 is 0 Å². The fourth-order valence-electron chi connectivity index (χ4n) is 1.79. The monoisotopic (exact) mass is 251 g/mol. The van der Waals surface area contributed by atoms with E-state index >= 15 is 0 Å². The van der Waals surface area contributed by atoms with Gasteiger partial charge in [0.15, 0.2) is 11.5 Å². The first-order chi connectivity index (χ1) is 7.89. The molecule has 0 N–H and O–H groups in total. The third-order valence-electron chi connectivity index (χ3n) is 2.59. The molecule has 0 spiro atoms. The standard InChI is InChI=1S/C13H18ClN3/c1-5-9-6-10(14)17-12(7-9)15-11(16-17)8-13(2,3)4/h6-7H,5,8H2,1-4H3. The van der Waals surface area contributed by atoms with E-state index in [1.807, 2.05) is 12.1 Å². The summed E-state index contributed by atoms with van der Waals surface area (Å²) >= 11 is 6.19. The zero-order valence-corrected chi connectivity index (χ0v) is 11.5. The number of aryl methyl sites for hydroxylation is 1. The zero-order valence-electron chi connectivity index (χ0n) is 10.8.